The molecule has 2 nitrogen and oxygen atoms in total. The Bertz CT molecular complexity index is 3380. The molecule has 1 aliphatic rings. The maximum atomic E-state index is 2.41. The van der Waals surface area contributed by atoms with Crippen LogP contribution in [-0.2, 0) is 0 Å². The van der Waals surface area contributed by atoms with Gasteiger partial charge in [-0.2, -0.15) is 0 Å². The number of hydrogen-bond acceptors (Lipinski definition) is 2. The van der Waals surface area contributed by atoms with Crippen LogP contribution in [0.25, 0.3) is 66.8 Å². The highest BCUT2D eigenvalue weighted by Gasteiger charge is 2.21. The largest absolute Gasteiger partial charge is 0.311 e. The van der Waals surface area contributed by atoms with E-state index < -0.39 is 0 Å². The first-order valence-corrected chi connectivity index (χ1v) is 24.0. The molecule has 10 aromatic carbocycles. The third-order valence-corrected chi connectivity index (χ3v) is 13.2. The molecule has 0 aromatic heterocycles. The van der Waals surface area contributed by atoms with Crippen LogP contribution in [0, 0.1) is 5.92 Å². The van der Waals surface area contributed by atoms with Crippen LogP contribution in [0.4, 0.5) is 28.4 Å². The summed E-state index contributed by atoms with van der Waals surface area (Å²) >= 11 is 0. The van der Waals surface area contributed by atoms with Gasteiger partial charge in [-0.1, -0.05) is 213 Å². The van der Waals surface area contributed by atoms with Crippen LogP contribution < -0.4 is 9.80 Å². The van der Waals surface area contributed by atoms with Crippen LogP contribution in [0.1, 0.15) is 13.3 Å². The number of anilines is 5. The number of nitrogens with zero attached hydrogens (tertiary/aromatic N) is 2. The van der Waals surface area contributed by atoms with E-state index in [-0.39, 0.29) is 0 Å². The summed E-state index contributed by atoms with van der Waals surface area (Å²) in [5.41, 5.74) is 20.9. The molecule has 0 fully saturated rings. The Morgan fingerprint density at radius 2 is 0.652 bits per heavy atom. The van der Waals surface area contributed by atoms with Gasteiger partial charge in [0.2, 0.25) is 0 Å². The van der Waals surface area contributed by atoms with Crippen LogP contribution in [0.2, 0.25) is 0 Å². The summed E-state index contributed by atoms with van der Waals surface area (Å²) in [5.74, 6) is 0.504. The lowest BCUT2D eigenvalue weighted by Gasteiger charge is -2.29. The maximum absolute atomic E-state index is 2.41. The first-order chi connectivity index (χ1) is 34.1. The van der Waals surface area contributed by atoms with Gasteiger partial charge < -0.3 is 9.80 Å². The van der Waals surface area contributed by atoms with E-state index in [1.807, 2.05) is 0 Å². The number of hydrogen-bond donors (Lipinski definition) is 0. The topological polar surface area (TPSA) is 6.48 Å². The van der Waals surface area contributed by atoms with Gasteiger partial charge in [-0.05, 0) is 152 Å². The lowest BCUT2D eigenvalue weighted by molar-refractivity contribution is 0.728. The van der Waals surface area contributed by atoms with E-state index in [0.29, 0.717) is 5.92 Å². The molecule has 0 N–H and O–H groups in total. The maximum Gasteiger partial charge on any atom is 0.0468 e. The minimum Gasteiger partial charge on any atom is -0.311 e. The van der Waals surface area contributed by atoms with Crippen molar-refractivity contribution in [1.82, 2.24) is 0 Å². The SMILES string of the molecule is CC1C=CC(N(c2ccc(-c3ccccc3)cc2)c2ccc(-c3cccc(-c4ccc(N(c5ccccc5)c5ccc(-c6ccccc6)cc5)cc4-c4ccccc4)c3)c(-c3ccccc3)c2)=CC1. The molecule has 0 spiro atoms. The average Bonchev–Trinajstić information content (AvgIpc) is 3.43. The Balaban J connectivity index is 1.01. The number of para-hydroxylation sites is 1. The van der Waals surface area contributed by atoms with Crippen molar-refractivity contribution < 1.29 is 0 Å². The zero-order chi connectivity index (χ0) is 46.4. The second-order valence-corrected chi connectivity index (χ2v) is 17.8. The summed E-state index contributed by atoms with van der Waals surface area (Å²) < 4.78 is 0. The third kappa shape index (κ3) is 9.22. The fourth-order valence-corrected chi connectivity index (χ4v) is 9.63. The summed E-state index contributed by atoms with van der Waals surface area (Å²) in [5, 5.41) is 0. The number of benzene rings is 10. The summed E-state index contributed by atoms with van der Waals surface area (Å²) in [4.78, 5) is 4.77. The van der Waals surface area contributed by atoms with Gasteiger partial charge in [0.1, 0.15) is 0 Å². The standard InChI is InChI=1S/C67H52N2/c1-49-30-36-59(37-31-49)69(61-40-34-53(35-41-61)51-20-9-3-10-21-51)63-43-45-65(67(48-63)55-24-13-5-14-25-55)57-27-17-26-56(46-57)64-44-42-62(47-66(64)54-22-11-4-12-23-54)68(58-28-15-6-16-29-58)60-38-32-52(33-39-60)50-18-7-2-8-19-50/h2-30,32-49H,31H2,1H3. The van der Waals surface area contributed by atoms with Gasteiger partial charge in [-0.3, -0.25) is 0 Å². The van der Waals surface area contributed by atoms with Gasteiger partial charge in [-0.25, -0.2) is 0 Å². The molecule has 0 aliphatic heterocycles. The van der Waals surface area contributed by atoms with Crippen LogP contribution in [0.15, 0.2) is 285 Å². The fraction of sp³-hybridized carbons (Fsp3) is 0.0448. The molecule has 69 heavy (non-hydrogen) atoms. The Kier molecular flexibility index (Phi) is 12.2. The van der Waals surface area contributed by atoms with Crippen molar-refractivity contribution in [2.75, 3.05) is 9.80 Å². The average molecular weight is 885 g/mol. The van der Waals surface area contributed by atoms with E-state index in [9.17, 15) is 0 Å². The van der Waals surface area contributed by atoms with Crippen molar-refractivity contribution >= 4 is 28.4 Å². The van der Waals surface area contributed by atoms with E-state index in [1.54, 1.807) is 0 Å². The molecule has 0 radical (unpaired) electrons. The normalized spacial score (nSPS) is 13.1. The monoisotopic (exact) mass is 884 g/mol. The van der Waals surface area contributed by atoms with Gasteiger partial charge >= 0.3 is 0 Å². The van der Waals surface area contributed by atoms with Crippen LogP contribution >= 0.6 is 0 Å². The molecule has 0 bridgehead atoms. The zero-order valence-electron chi connectivity index (χ0n) is 38.7. The summed E-state index contributed by atoms with van der Waals surface area (Å²) in [6, 6.07) is 94.4. The van der Waals surface area contributed by atoms with Crippen LogP contribution in [-0.4, -0.2) is 0 Å². The predicted molar refractivity (Wildman–Crippen MR) is 293 cm³/mol. The molecule has 0 heterocycles. The van der Waals surface area contributed by atoms with Gasteiger partial charge in [0, 0.05) is 34.1 Å². The number of allylic oxidation sites excluding steroid dienone is 3. The van der Waals surface area contributed by atoms with Crippen molar-refractivity contribution in [2.45, 2.75) is 13.3 Å². The molecule has 1 unspecified atom stereocenters. The molecular formula is C67H52N2. The molecule has 330 valence electrons. The van der Waals surface area contributed by atoms with E-state index in [1.165, 1.54) is 61.3 Å². The smallest absolute Gasteiger partial charge is 0.0468 e. The van der Waals surface area contributed by atoms with Crippen LogP contribution in [0.3, 0.4) is 0 Å². The van der Waals surface area contributed by atoms with Crippen molar-refractivity contribution in [1.29, 1.82) is 0 Å². The molecule has 1 aliphatic carbocycles. The van der Waals surface area contributed by atoms with Crippen LogP contribution in [0.5, 0.6) is 0 Å². The van der Waals surface area contributed by atoms with E-state index in [0.717, 1.165) is 46.0 Å². The third-order valence-electron chi connectivity index (χ3n) is 13.2. The molecule has 2 heteroatoms. The quantitative estimate of drug-likeness (QED) is 0.121. The molecule has 0 amide bonds. The Morgan fingerprint density at radius 1 is 0.290 bits per heavy atom. The lowest BCUT2D eigenvalue weighted by atomic mass is 9.89. The molecular weight excluding hydrogens is 833 g/mol. The number of rotatable bonds is 12. The Labute approximate surface area is 407 Å². The molecule has 0 saturated carbocycles. The summed E-state index contributed by atoms with van der Waals surface area (Å²) in [6.07, 6.45) is 8.00. The van der Waals surface area contributed by atoms with Crippen molar-refractivity contribution in [3.63, 3.8) is 0 Å². The first kappa shape index (κ1) is 42.9. The summed E-state index contributed by atoms with van der Waals surface area (Å²) in [6.45, 7) is 2.28. The Morgan fingerprint density at radius 3 is 1.10 bits per heavy atom. The second-order valence-electron chi connectivity index (χ2n) is 17.8. The van der Waals surface area contributed by atoms with Crippen molar-refractivity contribution in [3.05, 3.63) is 285 Å². The Hall–Kier alpha value is -8.72. The van der Waals surface area contributed by atoms with Gasteiger partial charge in [0.15, 0.2) is 0 Å². The van der Waals surface area contributed by atoms with E-state index in [4.69, 9.17) is 0 Å². The minimum atomic E-state index is 0.504. The first-order valence-electron chi connectivity index (χ1n) is 24.0. The van der Waals surface area contributed by atoms with Gasteiger partial charge in [0.05, 0.1) is 0 Å². The molecule has 1 atom stereocenters. The lowest BCUT2D eigenvalue weighted by Crippen LogP contribution is -2.17. The van der Waals surface area contributed by atoms with E-state index in [2.05, 4.69) is 296 Å². The molecule has 10 aromatic rings. The highest BCUT2D eigenvalue weighted by atomic mass is 15.1. The highest BCUT2D eigenvalue weighted by molar-refractivity contribution is 5.93. The summed E-state index contributed by atoms with van der Waals surface area (Å²) in [7, 11) is 0. The highest BCUT2D eigenvalue weighted by Crippen LogP contribution is 2.44. The zero-order valence-corrected chi connectivity index (χ0v) is 38.7. The molecule has 11 rings (SSSR count). The minimum absolute atomic E-state index is 0.504. The van der Waals surface area contributed by atoms with Gasteiger partial charge in [-0.15, -0.1) is 0 Å². The second kappa shape index (κ2) is 19.6. The predicted octanol–water partition coefficient (Wildman–Crippen LogP) is 18.8. The fourth-order valence-electron chi connectivity index (χ4n) is 9.63. The van der Waals surface area contributed by atoms with Crippen molar-refractivity contribution in [2.24, 2.45) is 5.92 Å². The van der Waals surface area contributed by atoms with Crippen molar-refractivity contribution in [3.8, 4) is 66.8 Å². The van der Waals surface area contributed by atoms with Gasteiger partial charge in [0.25, 0.3) is 0 Å². The van der Waals surface area contributed by atoms with E-state index >= 15 is 0 Å². The molecule has 0 saturated heterocycles.